The van der Waals surface area contributed by atoms with Gasteiger partial charge in [-0.25, -0.2) is 9.78 Å². The molecule has 2 aromatic rings. The molecule has 0 aliphatic rings. The van der Waals surface area contributed by atoms with Crippen molar-refractivity contribution in [1.82, 2.24) is 4.98 Å². The Morgan fingerprint density at radius 2 is 1.95 bits per heavy atom. The van der Waals surface area contributed by atoms with Gasteiger partial charge in [-0.05, 0) is 23.1 Å². The summed E-state index contributed by atoms with van der Waals surface area (Å²) < 4.78 is 0. The van der Waals surface area contributed by atoms with Crippen LogP contribution in [0.2, 0.25) is 0 Å². The highest BCUT2D eigenvalue weighted by molar-refractivity contribution is 7.11. The first kappa shape index (κ1) is 14.5. The number of hydrogen-bond donors (Lipinski definition) is 2. The number of carbonyl (C=O) groups is 1. The van der Waals surface area contributed by atoms with Gasteiger partial charge in [0.05, 0.1) is 12.2 Å². The van der Waals surface area contributed by atoms with Crippen LogP contribution in [0, 0.1) is 0 Å². The summed E-state index contributed by atoms with van der Waals surface area (Å²) in [6.07, 6.45) is 0. The zero-order chi connectivity index (χ0) is 14.8. The molecule has 0 saturated carbocycles. The van der Waals surface area contributed by atoms with Gasteiger partial charge < -0.3 is 10.4 Å². The maximum Gasteiger partial charge on any atom is 0.365 e. The summed E-state index contributed by atoms with van der Waals surface area (Å²) >= 11 is 1.15. The van der Waals surface area contributed by atoms with E-state index in [1.807, 2.05) is 12.1 Å². The molecule has 5 heteroatoms. The normalized spacial score (nSPS) is 11.3. The number of aromatic carboxylic acids is 1. The molecule has 0 spiro atoms. The van der Waals surface area contributed by atoms with Crippen LogP contribution >= 0.6 is 11.3 Å². The first-order valence-electron chi connectivity index (χ1n) is 6.38. The van der Waals surface area contributed by atoms with E-state index in [1.165, 1.54) is 5.56 Å². The van der Waals surface area contributed by atoms with Crippen LogP contribution < -0.4 is 5.32 Å². The number of aromatic nitrogens is 1. The molecule has 0 saturated heterocycles. The Labute approximate surface area is 122 Å². The van der Waals surface area contributed by atoms with Crippen molar-refractivity contribution in [1.29, 1.82) is 0 Å². The summed E-state index contributed by atoms with van der Waals surface area (Å²) in [4.78, 5) is 14.8. The van der Waals surface area contributed by atoms with Crippen molar-refractivity contribution < 1.29 is 9.90 Å². The standard InChI is InChI=1S/C15H18N2O2S/c1-15(2,3)10-4-6-11(7-5-10)16-8-12-9-20-13(17-12)14(18)19/h4-7,9,16H,8H2,1-3H3,(H,18,19). The van der Waals surface area contributed by atoms with Crippen LogP contribution in [0.1, 0.15) is 41.8 Å². The molecule has 1 heterocycles. The molecule has 4 nitrogen and oxygen atoms in total. The molecule has 0 fully saturated rings. The Hall–Kier alpha value is -1.88. The molecule has 0 unspecified atom stereocenters. The third kappa shape index (κ3) is 3.57. The van der Waals surface area contributed by atoms with Crippen molar-refractivity contribution >= 4 is 23.0 Å². The first-order chi connectivity index (χ1) is 9.36. The molecular weight excluding hydrogens is 272 g/mol. The predicted octanol–water partition coefficient (Wildman–Crippen LogP) is 3.75. The second kappa shape index (κ2) is 5.63. The van der Waals surface area contributed by atoms with Crippen molar-refractivity contribution in [2.45, 2.75) is 32.7 Å². The molecule has 0 radical (unpaired) electrons. The summed E-state index contributed by atoms with van der Waals surface area (Å²) in [7, 11) is 0. The summed E-state index contributed by atoms with van der Waals surface area (Å²) in [6, 6.07) is 8.27. The maximum atomic E-state index is 10.7. The summed E-state index contributed by atoms with van der Waals surface area (Å²) in [6.45, 7) is 7.06. The number of anilines is 1. The summed E-state index contributed by atoms with van der Waals surface area (Å²) in [5.74, 6) is -0.976. The molecule has 106 valence electrons. The smallest absolute Gasteiger partial charge is 0.365 e. The molecule has 0 aliphatic heterocycles. The van der Waals surface area contributed by atoms with Gasteiger partial charge in [-0.3, -0.25) is 0 Å². The Kier molecular flexibility index (Phi) is 4.09. The fourth-order valence-corrected chi connectivity index (χ4v) is 2.42. The fourth-order valence-electron chi connectivity index (χ4n) is 1.77. The van der Waals surface area contributed by atoms with E-state index in [-0.39, 0.29) is 10.4 Å². The average Bonchev–Trinajstić information content (AvgIpc) is 2.85. The Balaban J connectivity index is 1.98. The van der Waals surface area contributed by atoms with Crippen LogP contribution in [0.15, 0.2) is 29.6 Å². The zero-order valence-electron chi connectivity index (χ0n) is 11.8. The topological polar surface area (TPSA) is 62.2 Å². The van der Waals surface area contributed by atoms with Crippen LogP contribution in [0.3, 0.4) is 0 Å². The van der Waals surface area contributed by atoms with Gasteiger partial charge in [0, 0.05) is 11.1 Å². The Morgan fingerprint density at radius 1 is 1.30 bits per heavy atom. The van der Waals surface area contributed by atoms with Crippen molar-refractivity contribution in [3.63, 3.8) is 0 Å². The van der Waals surface area contributed by atoms with Crippen LogP contribution in [0.5, 0.6) is 0 Å². The molecule has 1 aromatic heterocycles. The van der Waals surface area contributed by atoms with E-state index in [0.717, 1.165) is 22.7 Å². The van der Waals surface area contributed by atoms with E-state index in [1.54, 1.807) is 5.38 Å². The van der Waals surface area contributed by atoms with Gasteiger partial charge >= 0.3 is 5.97 Å². The number of nitrogens with zero attached hydrogens (tertiary/aromatic N) is 1. The van der Waals surface area contributed by atoms with E-state index in [4.69, 9.17) is 5.11 Å². The van der Waals surface area contributed by atoms with Gasteiger partial charge in [0.2, 0.25) is 5.01 Å². The van der Waals surface area contributed by atoms with E-state index in [2.05, 4.69) is 43.2 Å². The lowest BCUT2D eigenvalue weighted by atomic mass is 9.87. The van der Waals surface area contributed by atoms with E-state index >= 15 is 0 Å². The zero-order valence-corrected chi connectivity index (χ0v) is 12.6. The Bertz CT molecular complexity index is 597. The minimum atomic E-state index is -0.976. The second-order valence-corrected chi connectivity index (χ2v) is 6.49. The molecule has 0 bridgehead atoms. The Morgan fingerprint density at radius 3 is 2.45 bits per heavy atom. The minimum Gasteiger partial charge on any atom is -0.476 e. The van der Waals surface area contributed by atoms with Crippen LogP contribution in [-0.2, 0) is 12.0 Å². The molecule has 0 aliphatic carbocycles. The van der Waals surface area contributed by atoms with Crippen molar-refractivity contribution in [2.24, 2.45) is 0 Å². The molecule has 2 N–H and O–H groups in total. The first-order valence-corrected chi connectivity index (χ1v) is 7.26. The molecule has 20 heavy (non-hydrogen) atoms. The third-order valence-corrected chi connectivity index (χ3v) is 3.84. The monoisotopic (exact) mass is 290 g/mol. The van der Waals surface area contributed by atoms with Crippen molar-refractivity contribution in [3.05, 3.63) is 45.9 Å². The number of benzene rings is 1. The van der Waals surface area contributed by atoms with Gasteiger partial charge in [0.15, 0.2) is 0 Å². The molecule has 1 aromatic carbocycles. The summed E-state index contributed by atoms with van der Waals surface area (Å²) in [5.41, 5.74) is 3.17. The van der Waals surface area contributed by atoms with E-state index < -0.39 is 5.97 Å². The molecule has 2 rings (SSSR count). The van der Waals surface area contributed by atoms with Crippen molar-refractivity contribution in [2.75, 3.05) is 5.32 Å². The maximum absolute atomic E-state index is 10.7. The lowest BCUT2D eigenvalue weighted by Gasteiger charge is -2.19. The minimum absolute atomic E-state index is 0.130. The van der Waals surface area contributed by atoms with Gasteiger partial charge in [-0.1, -0.05) is 32.9 Å². The van der Waals surface area contributed by atoms with E-state index in [9.17, 15) is 4.79 Å². The highest BCUT2D eigenvalue weighted by atomic mass is 32.1. The lowest BCUT2D eigenvalue weighted by Crippen LogP contribution is -2.10. The number of hydrogen-bond acceptors (Lipinski definition) is 4. The average molecular weight is 290 g/mol. The quantitative estimate of drug-likeness (QED) is 0.900. The predicted molar refractivity (Wildman–Crippen MR) is 81.5 cm³/mol. The molecule has 0 atom stereocenters. The number of carboxylic acids is 1. The number of rotatable bonds is 4. The lowest BCUT2D eigenvalue weighted by molar-refractivity contribution is 0.0696. The second-order valence-electron chi connectivity index (χ2n) is 5.63. The van der Waals surface area contributed by atoms with Gasteiger partial charge in [-0.15, -0.1) is 11.3 Å². The number of carboxylic acid groups (broad SMARTS) is 1. The van der Waals surface area contributed by atoms with Gasteiger partial charge in [-0.2, -0.15) is 0 Å². The SMILES string of the molecule is CC(C)(C)c1ccc(NCc2csc(C(=O)O)n2)cc1. The van der Waals surface area contributed by atoms with E-state index in [0.29, 0.717) is 6.54 Å². The molecular formula is C15H18N2O2S. The van der Waals surface area contributed by atoms with Gasteiger partial charge in [0.25, 0.3) is 0 Å². The highest BCUT2D eigenvalue weighted by Gasteiger charge is 2.13. The largest absolute Gasteiger partial charge is 0.476 e. The third-order valence-electron chi connectivity index (χ3n) is 2.96. The highest BCUT2D eigenvalue weighted by Crippen LogP contribution is 2.23. The van der Waals surface area contributed by atoms with Gasteiger partial charge in [0.1, 0.15) is 0 Å². The van der Waals surface area contributed by atoms with Crippen LogP contribution in [0.25, 0.3) is 0 Å². The van der Waals surface area contributed by atoms with Crippen molar-refractivity contribution in [3.8, 4) is 0 Å². The number of thiazole rings is 1. The number of nitrogens with one attached hydrogen (secondary N) is 1. The summed E-state index contributed by atoms with van der Waals surface area (Å²) in [5, 5.41) is 14.0. The molecule has 0 amide bonds. The van der Waals surface area contributed by atoms with Crippen LogP contribution in [0.4, 0.5) is 5.69 Å². The fraction of sp³-hybridized carbons (Fsp3) is 0.333. The van der Waals surface area contributed by atoms with Crippen LogP contribution in [-0.4, -0.2) is 16.1 Å².